The number of hydrogen-bond donors (Lipinski definition) is 2. The lowest BCUT2D eigenvalue weighted by Gasteiger charge is -2.21. The van der Waals surface area contributed by atoms with Crippen LogP contribution in [0, 0.1) is 0 Å². The van der Waals surface area contributed by atoms with E-state index in [4.69, 9.17) is 11.6 Å². The normalized spacial score (nSPS) is 14.6. The quantitative estimate of drug-likeness (QED) is 0.603. The molecule has 0 saturated carbocycles. The smallest absolute Gasteiger partial charge is 0.383 e. The maximum atomic E-state index is 12.8. The molecule has 132 valence electrons. The third kappa shape index (κ3) is 4.11. The van der Waals surface area contributed by atoms with Gasteiger partial charge >= 0.3 is 6.18 Å². The molecule has 8 heteroatoms. The van der Waals surface area contributed by atoms with Crippen LogP contribution >= 0.6 is 23.4 Å². The SMILES string of the molecule is CC(O)(CSc1ccc(Cl)cc1)c1cc2nc(C(F)(F)F)ccc2[nH]1. The van der Waals surface area contributed by atoms with E-state index in [1.54, 1.807) is 19.1 Å². The van der Waals surface area contributed by atoms with Crippen LogP contribution in [0.15, 0.2) is 47.4 Å². The molecule has 1 unspecified atom stereocenters. The van der Waals surface area contributed by atoms with Crippen molar-refractivity contribution in [1.29, 1.82) is 0 Å². The zero-order chi connectivity index (χ0) is 18.2. The van der Waals surface area contributed by atoms with E-state index in [9.17, 15) is 18.3 Å². The number of H-pyrrole nitrogens is 1. The summed E-state index contributed by atoms with van der Waals surface area (Å²) in [6, 6.07) is 10.9. The summed E-state index contributed by atoms with van der Waals surface area (Å²) in [6.07, 6.45) is -4.50. The van der Waals surface area contributed by atoms with Crippen LogP contribution in [0.25, 0.3) is 11.0 Å². The van der Waals surface area contributed by atoms with Crippen molar-refractivity contribution in [3.63, 3.8) is 0 Å². The summed E-state index contributed by atoms with van der Waals surface area (Å²) in [5.41, 5.74) is -1.19. The Morgan fingerprint density at radius 3 is 2.48 bits per heavy atom. The molecule has 3 nitrogen and oxygen atoms in total. The molecule has 2 N–H and O–H groups in total. The molecule has 0 bridgehead atoms. The van der Waals surface area contributed by atoms with Crippen LogP contribution in [-0.4, -0.2) is 20.8 Å². The monoisotopic (exact) mass is 386 g/mol. The number of thioether (sulfide) groups is 1. The van der Waals surface area contributed by atoms with Gasteiger partial charge in [-0.05, 0) is 49.4 Å². The molecule has 3 rings (SSSR count). The van der Waals surface area contributed by atoms with Gasteiger partial charge in [-0.2, -0.15) is 13.2 Å². The fraction of sp³-hybridized carbons (Fsp3) is 0.235. The molecule has 25 heavy (non-hydrogen) atoms. The van der Waals surface area contributed by atoms with Gasteiger partial charge in [0.1, 0.15) is 11.3 Å². The van der Waals surface area contributed by atoms with Crippen molar-refractivity contribution >= 4 is 34.4 Å². The second-order valence-corrected chi connectivity index (χ2v) is 7.31. The van der Waals surface area contributed by atoms with Crippen molar-refractivity contribution in [2.75, 3.05) is 5.75 Å². The van der Waals surface area contributed by atoms with Crippen molar-refractivity contribution in [1.82, 2.24) is 9.97 Å². The Hall–Kier alpha value is -1.70. The van der Waals surface area contributed by atoms with E-state index in [0.717, 1.165) is 11.0 Å². The molecule has 0 fully saturated rings. The largest absolute Gasteiger partial charge is 0.433 e. The maximum absolute atomic E-state index is 12.8. The van der Waals surface area contributed by atoms with E-state index in [1.807, 2.05) is 12.1 Å². The molecule has 1 aromatic carbocycles. The second kappa shape index (κ2) is 6.55. The van der Waals surface area contributed by atoms with Crippen molar-refractivity contribution in [3.8, 4) is 0 Å². The van der Waals surface area contributed by atoms with Gasteiger partial charge in [-0.25, -0.2) is 4.98 Å². The molecule has 1 atom stereocenters. The van der Waals surface area contributed by atoms with Crippen LogP contribution in [-0.2, 0) is 11.8 Å². The zero-order valence-corrected chi connectivity index (χ0v) is 14.6. The number of halogens is 4. The molecular weight excluding hydrogens is 373 g/mol. The number of nitrogens with one attached hydrogen (secondary N) is 1. The van der Waals surface area contributed by atoms with Crippen LogP contribution in [0.4, 0.5) is 13.2 Å². The summed E-state index contributed by atoms with van der Waals surface area (Å²) in [4.78, 5) is 7.49. The highest BCUT2D eigenvalue weighted by molar-refractivity contribution is 7.99. The average molecular weight is 387 g/mol. The van der Waals surface area contributed by atoms with Gasteiger partial charge in [0.2, 0.25) is 0 Å². The lowest BCUT2D eigenvalue weighted by molar-refractivity contribution is -0.140. The third-order valence-electron chi connectivity index (χ3n) is 3.68. The number of alkyl halides is 3. The van der Waals surface area contributed by atoms with Crippen LogP contribution in [0.3, 0.4) is 0 Å². The Morgan fingerprint density at radius 1 is 1.16 bits per heavy atom. The van der Waals surface area contributed by atoms with Gasteiger partial charge in [-0.3, -0.25) is 0 Å². The molecule has 3 aromatic rings. The molecule has 0 aliphatic heterocycles. The van der Waals surface area contributed by atoms with Gasteiger partial charge < -0.3 is 10.1 Å². The van der Waals surface area contributed by atoms with Gasteiger partial charge in [-0.15, -0.1) is 11.8 Å². The molecule has 0 aliphatic carbocycles. The highest BCUT2D eigenvalue weighted by Gasteiger charge is 2.33. The Balaban J connectivity index is 1.82. The van der Waals surface area contributed by atoms with E-state index < -0.39 is 17.5 Å². The lowest BCUT2D eigenvalue weighted by Crippen LogP contribution is -2.24. The minimum Gasteiger partial charge on any atom is -0.383 e. The Bertz CT molecular complexity index is 891. The predicted octanol–water partition coefficient (Wildman–Crippen LogP) is 5.23. The maximum Gasteiger partial charge on any atom is 0.433 e. The number of nitrogens with zero attached hydrogens (tertiary/aromatic N) is 1. The zero-order valence-electron chi connectivity index (χ0n) is 13.1. The third-order valence-corrected chi connectivity index (χ3v) is 5.24. The molecular formula is C17H14ClF3N2OS. The lowest BCUT2D eigenvalue weighted by atomic mass is 10.1. The Morgan fingerprint density at radius 2 is 1.84 bits per heavy atom. The molecule has 0 radical (unpaired) electrons. The number of rotatable bonds is 4. The first kappa shape index (κ1) is 18.1. The molecule has 0 spiro atoms. The molecule has 0 aliphatic rings. The van der Waals surface area contributed by atoms with Crippen molar-refractivity contribution in [2.45, 2.75) is 23.6 Å². The van der Waals surface area contributed by atoms with Crippen molar-refractivity contribution < 1.29 is 18.3 Å². The van der Waals surface area contributed by atoms with Gasteiger partial charge in [0.25, 0.3) is 0 Å². The fourth-order valence-electron chi connectivity index (χ4n) is 2.29. The van der Waals surface area contributed by atoms with Gasteiger partial charge in [0, 0.05) is 15.7 Å². The first-order chi connectivity index (χ1) is 11.6. The first-order valence-electron chi connectivity index (χ1n) is 7.33. The Kier molecular flexibility index (Phi) is 4.74. The summed E-state index contributed by atoms with van der Waals surface area (Å²) in [6.45, 7) is 1.60. The van der Waals surface area contributed by atoms with Crippen LogP contribution < -0.4 is 0 Å². The standard InChI is InChI=1S/C17H14ClF3N2OS/c1-16(24,9-25-11-4-2-10(18)3-5-11)15-8-13-12(22-15)6-7-14(23-13)17(19,20)21/h2-8,22,24H,9H2,1H3. The fourth-order valence-corrected chi connectivity index (χ4v) is 3.35. The molecule has 2 heterocycles. The minimum absolute atomic E-state index is 0.168. The van der Waals surface area contributed by atoms with Crippen molar-refractivity contribution in [2.24, 2.45) is 0 Å². The van der Waals surface area contributed by atoms with Crippen LogP contribution in [0.5, 0.6) is 0 Å². The number of aliphatic hydroxyl groups is 1. The number of pyridine rings is 1. The van der Waals surface area contributed by atoms with Gasteiger partial charge in [-0.1, -0.05) is 11.6 Å². The predicted molar refractivity (Wildman–Crippen MR) is 92.8 cm³/mol. The number of fused-ring (bicyclic) bond motifs is 1. The highest BCUT2D eigenvalue weighted by atomic mass is 35.5. The molecule has 0 amide bonds. The first-order valence-corrected chi connectivity index (χ1v) is 8.70. The van der Waals surface area contributed by atoms with E-state index >= 15 is 0 Å². The summed E-state index contributed by atoms with van der Waals surface area (Å²) >= 11 is 7.26. The van der Waals surface area contributed by atoms with E-state index in [-0.39, 0.29) is 5.52 Å². The number of benzene rings is 1. The summed E-state index contributed by atoms with van der Waals surface area (Å²) in [7, 11) is 0. The summed E-state index contributed by atoms with van der Waals surface area (Å²) in [5, 5.41) is 11.3. The summed E-state index contributed by atoms with van der Waals surface area (Å²) in [5.74, 6) is 0.313. The molecule has 2 aromatic heterocycles. The molecule has 0 saturated heterocycles. The van der Waals surface area contributed by atoms with Gasteiger partial charge in [0.15, 0.2) is 0 Å². The second-order valence-electron chi connectivity index (χ2n) is 5.83. The number of aromatic amines is 1. The average Bonchev–Trinajstić information content (AvgIpc) is 2.97. The van der Waals surface area contributed by atoms with Crippen LogP contribution in [0.1, 0.15) is 18.3 Å². The highest BCUT2D eigenvalue weighted by Crippen LogP contribution is 2.33. The minimum atomic E-state index is -4.50. The van der Waals surface area contributed by atoms with Crippen LogP contribution in [0.2, 0.25) is 5.02 Å². The van der Waals surface area contributed by atoms with E-state index in [1.165, 1.54) is 23.9 Å². The number of aromatic nitrogens is 2. The number of hydrogen-bond acceptors (Lipinski definition) is 3. The summed E-state index contributed by atoms with van der Waals surface area (Å²) < 4.78 is 38.3. The van der Waals surface area contributed by atoms with E-state index in [0.29, 0.717) is 22.0 Å². The topological polar surface area (TPSA) is 48.9 Å². The van der Waals surface area contributed by atoms with Gasteiger partial charge in [0.05, 0.1) is 16.7 Å². The van der Waals surface area contributed by atoms with Crippen molar-refractivity contribution in [3.05, 3.63) is 58.9 Å². The van der Waals surface area contributed by atoms with E-state index in [2.05, 4.69) is 9.97 Å². The Labute approximate surface area is 151 Å².